The number of rotatable bonds is 18. The minimum Gasteiger partial charge on any atom is -0.460 e. The molecule has 0 N–H and O–H groups in total. The number of alkyl halides is 4. The van der Waals surface area contributed by atoms with E-state index < -0.39 is 93.1 Å². The molecule has 4 aliphatic heterocycles. The van der Waals surface area contributed by atoms with Crippen molar-refractivity contribution in [3.05, 3.63) is 122 Å². The number of ketones is 4. The summed E-state index contributed by atoms with van der Waals surface area (Å²) in [5.74, 6) is -18.9. The number of Topliss-reactive ketones (excluding diaryl/α,β-unsaturated/α-hetero) is 4. The summed E-state index contributed by atoms with van der Waals surface area (Å²) in [5, 5.41) is 11.2. The van der Waals surface area contributed by atoms with Crippen LogP contribution in [-0.4, -0.2) is 115 Å². The zero-order chi connectivity index (χ0) is 64.3. The lowest BCUT2D eigenvalue weighted by atomic mass is 9.76. The molecule has 5 aliphatic rings. The van der Waals surface area contributed by atoms with E-state index in [-0.39, 0.29) is 92.9 Å². The first kappa shape index (κ1) is 71.0. The van der Waals surface area contributed by atoms with Crippen LogP contribution in [-0.2, 0) is 81.0 Å². The van der Waals surface area contributed by atoms with Crippen molar-refractivity contribution < 1.29 is 103 Å². The number of nitro groups is 1. The van der Waals surface area contributed by atoms with Gasteiger partial charge in [-0.05, 0) is 107 Å². The Balaban J connectivity index is 0.000000246. The highest BCUT2D eigenvalue weighted by atomic mass is 35.5. The Hall–Kier alpha value is -7.47. The van der Waals surface area contributed by atoms with Gasteiger partial charge in [-0.3, -0.25) is 29.3 Å². The van der Waals surface area contributed by atoms with Crippen LogP contribution in [0.2, 0.25) is 5.02 Å². The Morgan fingerprint density at radius 2 is 0.884 bits per heavy atom. The molecular weight excluding hydrogens is 1160 g/mol. The average molecular weight is 1240 g/mol. The number of hydrogen-bond acceptors (Lipinski definition) is 19. The Bertz CT molecular complexity index is 2910. The van der Waals surface area contributed by atoms with Gasteiger partial charge in [-0.15, -0.1) is 0 Å². The maximum absolute atomic E-state index is 14.8. The topological polar surface area (TPSA) is 263 Å². The Morgan fingerprint density at radius 3 is 1.23 bits per heavy atom. The summed E-state index contributed by atoms with van der Waals surface area (Å²) in [6.07, 6.45) is 10.3. The third-order valence-corrected chi connectivity index (χ3v) is 14.8. The minimum atomic E-state index is -2.65. The van der Waals surface area contributed by atoms with Gasteiger partial charge in [-0.25, -0.2) is 19.2 Å². The standard InChI is InChI=1S/C16H16ClFO4.C16H16FNO6.C16H23FO4.C13H19FO5/c1-3-21-15(20)14-8-12(9-16(18,22-14)10(2)19)11-4-6-13(17)7-5-11;1-3-23-15(20)14-8-12(9-16(17,24-14)10(2)19)11-4-6-13(7-5-11)18(21)22;1-3-20-15(19)14-9-13(12-7-5-4-6-8-12)10-16(17,21-14)11(2)18;1-5-18-12(16)11-6-10(8(2)17-4)7-13(14,19-11)9(3)15/h4-8,12H,3,9H2,1-2H3;4-8,12H,3,9H2,1-2H3;9,12-13H,3-8,10H2,1-2H3;6,8,10H,5,7H2,1-4H3. The molecule has 20 nitrogen and oxygen atoms in total. The molecule has 2 aromatic rings. The molecule has 0 spiro atoms. The molecule has 7 rings (SSSR count). The number of allylic oxidation sites excluding steroid dienone is 3. The molecule has 9 unspecified atom stereocenters. The summed E-state index contributed by atoms with van der Waals surface area (Å²) >= 11 is 5.84. The highest BCUT2D eigenvalue weighted by Gasteiger charge is 2.50. The molecule has 0 radical (unpaired) electrons. The van der Waals surface area contributed by atoms with E-state index >= 15 is 0 Å². The van der Waals surface area contributed by atoms with Gasteiger partial charge >= 0.3 is 47.3 Å². The van der Waals surface area contributed by atoms with Crippen molar-refractivity contribution in [2.45, 2.75) is 161 Å². The summed E-state index contributed by atoms with van der Waals surface area (Å²) in [6.45, 7) is 13.1. The Morgan fingerprint density at radius 1 is 0.547 bits per heavy atom. The first-order valence-electron chi connectivity index (χ1n) is 28.1. The van der Waals surface area contributed by atoms with Crippen LogP contribution in [0.15, 0.2) is 95.9 Å². The van der Waals surface area contributed by atoms with Crippen LogP contribution in [0.25, 0.3) is 0 Å². The van der Waals surface area contributed by atoms with Crippen LogP contribution in [0.5, 0.6) is 0 Å². The first-order valence-corrected chi connectivity index (χ1v) is 28.4. The zero-order valence-electron chi connectivity index (χ0n) is 49.7. The number of carbonyl (C=O) groups excluding carboxylic acids is 8. The SMILES string of the molecule is CCOC(=O)C1=CC(C(C)OC)CC(F)(C(C)=O)O1.CCOC(=O)C1=CC(C2CCCCC2)CC(F)(C(C)=O)O1.CCOC(=O)C1=CC(c2ccc(Cl)cc2)CC(F)(C(C)=O)O1.CCOC(=O)C1=CC(c2ccc([N+](=O)[O-])cc2)CC(F)(C(C)=O)O1. The van der Waals surface area contributed by atoms with Gasteiger partial charge in [0.2, 0.25) is 46.2 Å². The predicted molar refractivity (Wildman–Crippen MR) is 300 cm³/mol. The van der Waals surface area contributed by atoms with Crippen molar-refractivity contribution >= 4 is 64.3 Å². The molecule has 472 valence electrons. The summed E-state index contributed by atoms with van der Waals surface area (Å²) in [6, 6.07) is 12.2. The fourth-order valence-electron chi connectivity index (χ4n) is 9.59. The monoisotopic (exact) mass is 1240 g/mol. The quantitative estimate of drug-likeness (QED) is 0.0441. The average Bonchev–Trinajstić information content (AvgIpc) is 1.29. The smallest absolute Gasteiger partial charge is 0.373 e. The van der Waals surface area contributed by atoms with Gasteiger partial charge in [-0.1, -0.05) is 55.1 Å². The third-order valence-electron chi connectivity index (χ3n) is 14.6. The van der Waals surface area contributed by atoms with Crippen LogP contribution in [0, 0.1) is 27.9 Å². The number of esters is 4. The van der Waals surface area contributed by atoms with E-state index in [1.807, 2.05) is 0 Å². The molecule has 0 amide bonds. The van der Waals surface area contributed by atoms with E-state index in [4.69, 9.17) is 54.2 Å². The lowest BCUT2D eigenvalue weighted by Crippen LogP contribution is -2.43. The number of methoxy groups -OCH3 is 1. The highest BCUT2D eigenvalue weighted by Crippen LogP contribution is 2.44. The highest BCUT2D eigenvalue weighted by molar-refractivity contribution is 6.30. The van der Waals surface area contributed by atoms with Crippen molar-refractivity contribution in [3.8, 4) is 0 Å². The van der Waals surface area contributed by atoms with Gasteiger partial charge in [0.1, 0.15) is 0 Å². The minimum absolute atomic E-state index is 0.00406. The summed E-state index contributed by atoms with van der Waals surface area (Å²) < 4.78 is 103. The molecule has 0 aromatic heterocycles. The molecule has 1 saturated carbocycles. The number of benzene rings is 2. The van der Waals surface area contributed by atoms with E-state index in [0.717, 1.165) is 58.9 Å². The number of nitrogens with zero attached hydrogens (tertiary/aromatic N) is 1. The van der Waals surface area contributed by atoms with Gasteiger partial charge in [-0.2, -0.15) is 17.6 Å². The third kappa shape index (κ3) is 19.3. The fourth-order valence-corrected chi connectivity index (χ4v) is 9.72. The molecule has 0 saturated heterocycles. The van der Waals surface area contributed by atoms with Crippen LogP contribution < -0.4 is 0 Å². The van der Waals surface area contributed by atoms with Crippen molar-refractivity contribution in [2.24, 2.45) is 17.8 Å². The molecule has 2 aromatic carbocycles. The van der Waals surface area contributed by atoms with E-state index in [0.29, 0.717) is 16.5 Å². The van der Waals surface area contributed by atoms with Crippen molar-refractivity contribution in [1.82, 2.24) is 0 Å². The van der Waals surface area contributed by atoms with Crippen LogP contribution in [0.4, 0.5) is 23.2 Å². The second-order valence-electron chi connectivity index (χ2n) is 20.6. The lowest BCUT2D eigenvalue weighted by molar-refractivity contribution is -0.384. The second-order valence-corrected chi connectivity index (χ2v) is 21.1. The molecule has 1 aliphatic carbocycles. The van der Waals surface area contributed by atoms with Gasteiger partial charge in [0.25, 0.3) is 5.69 Å². The van der Waals surface area contributed by atoms with Crippen molar-refractivity contribution in [2.75, 3.05) is 33.5 Å². The maximum atomic E-state index is 14.8. The molecule has 1 fully saturated rings. The number of carbonyl (C=O) groups is 8. The largest absolute Gasteiger partial charge is 0.460 e. The normalized spacial score (nSPS) is 26.2. The molecule has 4 heterocycles. The fraction of sp³-hybridized carbons (Fsp3) is 0.541. The number of halogens is 5. The van der Waals surface area contributed by atoms with Gasteiger partial charge in [0, 0.05) is 95.4 Å². The van der Waals surface area contributed by atoms with Gasteiger partial charge in [0.15, 0.2) is 0 Å². The number of non-ortho nitro benzene ring substituents is 1. The molecule has 9 atom stereocenters. The Labute approximate surface area is 501 Å². The molecule has 0 bridgehead atoms. The Kier molecular flexibility index (Phi) is 26.2. The second kappa shape index (κ2) is 31.8. The number of ether oxygens (including phenoxy) is 9. The van der Waals surface area contributed by atoms with E-state index in [9.17, 15) is 66.0 Å². The van der Waals surface area contributed by atoms with Crippen LogP contribution in [0.3, 0.4) is 0 Å². The van der Waals surface area contributed by atoms with Crippen LogP contribution in [0.1, 0.15) is 143 Å². The van der Waals surface area contributed by atoms with Crippen molar-refractivity contribution in [1.29, 1.82) is 0 Å². The predicted octanol–water partition coefficient (Wildman–Crippen LogP) is 11.4. The van der Waals surface area contributed by atoms with Gasteiger partial charge in [0.05, 0.1) is 37.5 Å². The van der Waals surface area contributed by atoms with Crippen molar-refractivity contribution in [3.63, 3.8) is 0 Å². The molecule has 25 heteroatoms. The summed E-state index contributed by atoms with van der Waals surface area (Å²) in [5.41, 5.74) is 1.14. The molecule has 86 heavy (non-hydrogen) atoms. The van der Waals surface area contributed by atoms with Crippen LogP contribution >= 0.6 is 11.6 Å². The lowest BCUT2D eigenvalue weighted by Gasteiger charge is -2.37. The van der Waals surface area contributed by atoms with E-state index in [1.165, 1.54) is 56.0 Å². The summed E-state index contributed by atoms with van der Waals surface area (Å²) in [4.78, 5) is 103. The molecular formula is C61H74ClF4NO19. The number of hydrogen-bond donors (Lipinski definition) is 0. The van der Waals surface area contributed by atoms with E-state index in [2.05, 4.69) is 0 Å². The van der Waals surface area contributed by atoms with Gasteiger partial charge < -0.3 is 42.6 Å². The maximum Gasteiger partial charge on any atom is 0.373 e. The number of nitro benzene ring substituents is 1. The zero-order valence-corrected chi connectivity index (χ0v) is 50.4. The van der Waals surface area contributed by atoms with E-state index in [1.54, 1.807) is 65.0 Å². The first-order chi connectivity index (χ1) is 40.4. The summed E-state index contributed by atoms with van der Waals surface area (Å²) in [7, 11) is 1.48.